The average molecular weight is 501 g/mol. The number of carboxylic acids is 1. The zero-order chi connectivity index (χ0) is 25.9. The molecule has 3 atom stereocenters. The lowest BCUT2D eigenvalue weighted by Gasteiger charge is -2.46. The number of nitrogen functional groups attached to an aromatic ring is 1. The fraction of sp³-hybridized carbons (Fsp3) is 0.286. The maximum atomic E-state index is 13.4. The third-order valence-electron chi connectivity index (χ3n) is 6.97. The van der Waals surface area contributed by atoms with Crippen LogP contribution in [-0.2, 0) is 16.0 Å². The number of nitrogens with two attached hydrogens (primary N) is 1. The molecule has 37 heavy (non-hydrogen) atoms. The smallest absolute Gasteiger partial charge is 0.327 e. The van der Waals surface area contributed by atoms with Gasteiger partial charge in [-0.05, 0) is 66.8 Å². The zero-order valence-corrected chi connectivity index (χ0v) is 20.2. The van der Waals surface area contributed by atoms with Gasteiger partial charge in [-0.25, -0.2) is 19.5 Å². The number of imide groups is 1. The van der Waals surface area contributed by atoms with Crippen molar-refractivity contribution in [3.63, 3.8) is 0 Å². The summed E-state index contributed by atoms with van der Waals surface area (Å²) < 4.78 is 5.96. The molecule has 0 bridgehead atoms. The van der Waals surface area contributed by atoms with Crippen LogP contribution < -0.4 is 10.5 Å². The highest BCUT2D eigenvalue weighted by atomic mass is 16.5. The number of aliphatic carboxylic acids is 1. The molecule has 0 radical (unpaired) electrons. The molecule has 3 N–H and O–H groups in total. The minimum atomic E-state index is -1.21. The number of aromatic nitrogens is 1. The van der Waals surface area contributed by atoms with Crippen molar-refractivity contribution in [1.29, 1.82) is 0 Å². The van der Waals surface area contributed by atoms with Crippen LogP contribution in [0.3, 0.4) is 0 Å². The first-order valence-electron chi connectivity index (χ1n) is 12.3. The molecule has 2 aliphatic heterocycles. The van der Waals surface area contributed by atoms with E-state index < -0.39 is 29.9 Å². The molecular formula is C28H28N4O5. The number of benzene rings is 2. The van der Waals surface area contributed by atoms with Crippen molar-refractivity contribution in [2.45, 2.75) is 31.2 Å². The summed E-state index contributed by atoms with van der Waals surface area (Å²) >= 11 is 0. The number of para-hydroxylation sites is 1. The first-order valence-corrected chi connectivity index (χ1v) is 12.3. The quantitative estimate of drug-likeness (QED) is 0.492. The number of carbonyl (C=O) groups is 3. The van der Waals surface area contributed by atoms with E-state index in [1.54, 1.807) is 17.0 Å². The predicted octanol–water partition coefficient (Wildman–Crippen LogP) is 3.91. The molecule has 1 aromatic heterocycles. The van der Waals surface area contributed by atoms with E-state index in [1.165, 1.54) is 6.20 Å². The summed E-state index contributed by atoms with van der Waals surface area (Å²) in [6.45, 7) is 0.868. The Morgan fingerprint density at radius 2 is 1.84 bits per heavy atom. The molecule has 9 heteroatoms. The lowest BCUT2D eigenvalue weighted by atomic mass is 9.82. The van der Waals surface area contributed by atoms with E-state index in [9.17, 15) is 19.5 Å². The molecule has 2 saturated heterocycles. The number of likely N-dealkylation sites (tertiary alicyclic amines) is 2. The summed E-state index contributed by atoms with van der Waals surface area (Å²) in [7, 11) is 0. The summed E-state index contributed by atoms with van der Waals surface area (Å²) in [5.74, 6) is -0.715. The van der Waals surface area contributed by atoms with Gasteiger partial charge in [-0.15, -0.1) is 0 Å². The van der Waals surface area contributed by atoms with Gasteiger partial charge in [0.1, 0.15) is 17.3 Å². The number of piperidine rings is 1. The Kier molecular flexibility index (Phi) is 6.76. The van der Waals surface area contributed by atoms with Crippen LogP contribution in [0.5, 0.6) is 11.5 Å². The minimum absolute atomic E-state index is 0.0484. The normalized spacial score (nSPS) is 21.3. The maximum Gasteiger partial charge on any atom is 0.327 e. The van der Waals surface area contributed by atoms with Gasteiger partial charge in [0.15, 0.2) is 6.04 Å². The molecule has 3 aromatic rings. The number of pyridine rings is 1. The summed E-state index contributed by atoms with van der Waals surface area (Å²) in [5, 5.41) is 9.84. The monoisotopic (exact) mass is 500 g/mol. The van der Waals surface area contributed by atoms with E-state index in [4.69, 9.17) is 10.5 Å². The molecule has 5 rings (SSSR count). The lowest BCUT2D eigenvalue weighted by molar-refractivity contribution is -0.166. The van der Waals surface area contributed by atoms with Crippen LogP contribution in [-0.4, -0.2) is 56.9 Å². The number of ether oxygens (including phenoxy) is 1. The number of amides is 3. The molecule has 1 unspecified atom stereocenters. The Morgan fingerprint density at radius 1 is 1.05 bits per heavy atom. The lowest BCUT2D eigenvalue weighted by Crippen LogP contribution is -2.69. The van der Waals surface area contributed by atoms with Gasteiger partial charge in [-0.1, -0.05) is 30.3 Å². The highest BCUT2D eigenvalue weighted by molar-refractivity contribution is 6.07. The van der Waals surface area contributed by atoms with E-state index in [0.29, 0.717) is 30.2 Å². The maximum absolute atomic E-state index is 13.4. The molecule has 0 spiro atoms. The van der Waals surface area contributed by atoms with E-state index >= 15 is 0 Å². The van der Waals surface area contributed by atoms with Gasteiger partial charge in [0.05, 0.1) is 5.92 Å². The van der Waals surface area contributed by atoms with Crippen LogP contribution in [0.2, 0.25) is 0 Å². The first kappa shape index (κ1) is 24.3. The number of rotatable bonds is 6. The highest BCUT2D eigenvalue weighted by Crippen LogP contribution is 2.35. The Morgan fingerprint density at radius 3 is 2.59 bits per heavy atom. The van der Waals surface area contributed by atoms with Gasteiger partial charge in [0, 0.05) is 25.2 Å². The molecule has 0 aliphatic carbocycles. The number of urea groups is 1. The summed E-state index contributed by atoms with van der Waals surface area (Å²) in [4.78, 5) is 44.8. The summed E-state index contributed by atoms with van der Waals surface area (Å²) in [6, 6.07) is 18.8. The standard InChI is InChI=1S/C28H28N4O5/c29-24-15-18(11-12-30-24)14-23-25(27(34)35)32(26(23)33)28(36)31-13-5-7-20(17-31)19-6-4-10-22(16-19)37-21-8-2-1-3-9-21/h1-4,6,8-12,15-16,20,23,25H,5,7,13-14,17H2,(H2,29,30)(H,34,35)/t20?,23-,25+/m1/s1. The van der Waals surface area contributed by atoms with Crippen LogP contribution in [0, 0.1) is 5.92 Å². The molecule has 2 aromatic carbocycles. The second kappa shape index (κ2) is 10.3. The first-order chi connectivity index (χ1) is 17.9. The fourth-order valence-electron chi connectivity index (χ4n) is 5.15. The Balaban J connectivity index is 1.27. The van der Waals surface area contributed by atoms with Gasteiger partial charge in [-0.3, -0.25) is 4.79 Å². The summed E-state index contributed by atoms with van der Waals surface area (Å²) in [5.41, 5.74) is 7.45. The number of hydrogen-bond acceptors (Lipinski definition) is 6. The SMILES string of the molecule is Nc1cc(C[C@H]2C(=O)N(C(=O)N3CCCC(c4cccc(Oc5ccccc5)c4)C3)[C@@H]2C(=O)O)ccn1. The molecule has 9 nitrogen and oxygen atoms in total. The second-order valence-electron chi connectivity index (χ2n) is 9.45. The summed E-state index contributed by atoms with van der Waals surface area (Å²) in [6.07, 6.45) is 3.32. The molecule has 0 saturated carbocycles. The van der Waals surface area contributed by atoms with Gasteiger partial charge < -0.3 is 20.5 Å². The van der Waals surface area contributed by atoms with Crippen LogP contribution in [0.25, 0.3) is 0 Å². The third-order valence-corrected chi connectivity index (χ3v) is 6.97. The average Bonchev–Trinajstić information content (AvgIpc) is 2.90. The van der Waals surface area contributed by atoms with Crippen LogP contribution >= 0.6 is 0 Å². The highest BCUT2D eigenvalue weighted by Gasteiger charge is 2.55. The van der Waals surface area contributed by atoms with Crippen molar-refractivity contribution in [1.82, 2.24) is 14.8 Å². The van der Waals surface area contributed by atoms with Crippen LogP contribution in [0.1, 0.15) is 29.9 Å². The van der Waals surface area contributed by atoms with Gasteiger partial charge >= 0.3 is 12.0 Å². The zero-order valence-electron chi connectivity index (χ0n) is 20.2. The van der Waals surface area contributed by atoms with Crippen molar-refractivity contribution < 1.29 is 24.2 Å². The number of hydrogen-bond donors (Lipinski definition) is 2. The molecule has 190 valence electrons. The van der Waals surface area contributed by atoms with E-state index in [-0.39, 0.29) is 12.3 Å². The minimum Gasteiger partial charge on any atom is -0.480 e. The predicted molar refractivity (Wildman–Crippen MR) is 136 cm³/mol. The molecule has 2 aliphatic rings. The van der Waals surface area contributed by atoms with Crippen molar-refractivity contribution >= 4 is 23.7 Å². The van der Waals surface area contributed by atoms with E-state index in [2.05, 4.69) is 4.98 Å². The van der Waals surface area contributed by atoms with E-state index in [1.807, 2.05) is 54.6 Å². The number of carbonyl (C=O) groups excluding carboxylic acids is 2. The molecular weight excluding hydrogens is 472 g/mol. The molecule has 3 heterocycles. The second-order valence-corrected chi connectivity index (χ2v) is 9.45. The van der Waals surface area contributed by atoms with Crippen molar-refractivity contribution in [3.05, 3.63) is 84.1 Å². The van der Waals surface area contributed by atoms with Crippen molar-refractivity contribution in [3.8, 4) is 11.5 Å². The fourth-order valence-corrected chi connectivity index (χ4v) is 5.15. The van der Waals surface area contributed by atoms with Crippen molar-refractivity contribution in [2.24, 2.45) is 5.92 Å². The van der Waals surface area contributed by atoms with Gasteiger partial charge in [0.2, 0.25) is 5.91 Å². The largest absolute Gasteiger partial charge is 0.480 e. The van der Waals surface area contributed by atoms with Gasteiger partial charge in [-0.2, -0.15) is 0 Å². The molecule has 2 fully saturated rings. The topological polar surface area (TPSA) is 126 Å². The van der Waals surface area contributed by atoms with Crippen LogP contribution in [0.4, 0.5) is 10.6 Å². The Bertz CT molecular complexity index is 1310. The number of β-lactam (4-membered cyclic amide) rings is 1. The number of carboxylic acid groups (broad SMARTS) is 1. The van der Waals surface area contributed by atoms with Crippen LogP contribution in [0.15, 0.2) is 72.9 Å². The number of anilines is 1. The van der Waals surface area contributed by atoms with E-state index in [0.717, 1.165) is 29.1 Å². The van der Waals surface area contributed by atoms with Gasteiger partial charge in [0.25, 0.3) is 0 Å². The Labute approximate surface area is 214 Å². The Hall–Kier alpha value is -4.40. The molecule has 3 amide bonds. The third kappa shape index (κ3) is 5.11. The van der Waals surface area contributed by atoms with Crippen molar-refractivity contribution in [2.75, 3.05) is 18.8 Å². The number of nitrogens with zero attached hydrogens (tertiary/aromatic N) is 3.